The van der Waals surface area contributed by atoms with Gasteiger partial charge < -0.3 is 14.1 Å². The second-order valence-electron chi connectivity index (χ2n) is 6.12. The smallest absolute Gasteiger partial charge is 0.392 e. The summed E-state index contributed by atoms with van der Waals surface area (Å²) in [5.74, 6) is 0.280. The standard InChI is InChI=1S/C15H23N3O4/c1-2-12-11(4-3-9-21-12)14(19)18-7-5-10(6-8-18)13-16-17-15(20)22-13/h10-12H,2-9H2,1H3,(H,17,20). The molecular formula is C15H23N3O4. The molecule has 0 aliphatic carbocycles. The van der Waals surface area contributed by atoms with Crippen molar-refractivity contribution in [2.75, 3.05) is 19.7 Å². The lowest BCUT2D eigenvalue weighted by Gasteiger charge is -2.37. The van der Waals surface area contributed by atoms with Crippen LogP contribution in [-0.2, 0) is 9.53 Å². The van der Waals surface area contributed by atoms with E-state index in [0.29, 0.717) is 19.0 Å². The molecule has 7 nitrogen and oxygen atoms in total. The van der Waals surface area contributed by atoms with Gasteiger partial charge in [-0.05, 0) is 32.1 Å². The van der Waals surface area contributed by atoms with Crippen LogP contribution < -0.4 is 5.76 Å². The average molecular weight is 309 g/mol. The Bertz CT molecular complexity index is 559. The van der Waals surface area contributed by atoms with E-state index in [-0.39, 0.29) is 23.8 Å². The third-order valence-corrected chi connectivity index (χ3v) is 4.77. The largest absolute Gasteiger partial charge is 0.434 e. The fourth-order valence-corrected chi connectivity index (χ4v) is 3.52. The maximum absolute atomic E-state index is 12.7. The summed E-state index contributed by atoms with van der Waals surface area (Å²) in [6, 6.07) is 0. The van der Waals surface area contributed by atoms with Crippen molar-refractivity contribution in [3.05, 3.63) is 16.4 Å². The van der Waals surface area contributed by atoms with E-state index in [1.54, 1.807) is 0 Å². The molecule has 1 aromatic rings. The Kier molecular flexibility index (Phi) is 4.61. The van der Waals surface area contributed by atoms with Crippen molar-refractivity contribution >= 4 is 5.91 Å². The fourth-order valence-electron chi connectivity index (χ4n) is 3.52. The summed E-state index contributed by atoms with van der Waals surface area (Å²) in [6.07, 6.45) is 4.38. The summed E-state index contributed by atoms with van der Waals surface area (Å²) < 4.78 is 10.8. The lowest BCUT2D eigenvalue weighted by molar-refractivity contribution is -0.146. The molecular weight excluding hydrogens is 286 g/mol. The molecule has 2 aliphatic rings. The highest BCUT2D eigenvalue weighted by molar-refractivity contribution is 5.79. The van der Waals surface area contributed by atoms with E-state index in [9.17, 15) is 9.59 Å². The van der Waals surface area contributed by atoms with Crippen molar-refractivity contribution in [2.24, 2.45) is 5.92 Å². The second kappa shape index (κ2) is 6.64. The van der Waals surface area contributed by atoms with Gasteiger partial charge in [0.25, 0.3) is 0 Å². The first-order chi connectivity index (χ1) is 10.7. The number of nitrogens with zero attached hydrogens (tertiary/aromatic N) is 2. The van der Waals surface area contributed by atoms with Crippen LogP contribution in [0, 0.1) is 5.92 Å². The minimum Gasteiger partial charge on any atom is -0.392 e. The molecule has 0 saturated carbocycles. The van der Waals surface area contributed by atoms with Gasteiger partial charge in [-0.15, -0.1) is 5.10 Å². The number of carbonyl (C=O) groups is 1. The van der Waals surface area contributed by atoms with Crippen LogP contribution in [0.1, 0.15) is 50.8 Å². The normalized spacial score (nSPS) is 27.0. The first-order valence-electron chi connectivity index (χ1n) is 8.14. The van der Waals surface area contributed by atoms with Crippen molar-refractivity contribution in [2.45, 2.75) is 51.0 Å². The maximum Gasteiger partial charge on any atom is 0.434 e. The number of amides is 1. The van der Waals surface area contributed by atoms with E-state index < -0.39 is 5.76 Å². The molecule has 1 amide bonds. The van der Waals surface area contributed by atoms with Crippen molar-refractivity contribution < 1.29 is 13.9 Å². The van der Waals surface area contributed by atoms with Gasteiger partial charge in [-0.3, -0.25) is 4.79 Å². The Morgan fingerprint density at radius 1 is 1.36 bits per heavy atom. The molecule has 3 heterocycles. The summed E-state index contributed by atoms with van der Waals surface area (Å²) >= 11 is 0. The lowest BCUT2D eigenvalue weighted by Crippen LogP contribution is -2.46. The molecule has 0 aromatic carbocycles. The molecule has 2 atom stereocenters. The quantitative estimate of drug-likeness (QED) is 0.908. The van der Waals surface area contributed by atoms with Gasteiger partial charge in [-0.25, -0.2) is 9.89 Å². The van der Waals surface area contributed by atoms with Crippen LogP contribution in [0.2, 0.25) is 0 Å². The third-order valence-electron chi connectivity index (χ3n) is 4.77. The molecule has 2 aliphatic heterocycles. The van der Waals surface area contributed by atoms with Crippen LogP contribution in [0.3, 0.4) is 0 Å². The summed E-state index contributed by atoms with van der Waals surface area (Å²) in [6.45, 7) is 4.21. The molecule has 1 N–H and O–H groups in total. The first-order valence-corrected chi connectivity index (χ1v) is 8.14. The highest BCUT2D eigenvalue weighted by Crippen LogP contribution is 2.30. The predicted molar refractivity (Wildman–Crippen MR) is 78.4 cm³/mol. The first kappa shape index (κ1) is 15.3. The summed E-state index contributed by atoms with van der Waals surface area (Å²) in [5.41, 5.74) is 0. The van der Waals surface area contributed by atoms with Crippen molar-refractivity contribution in [1.82, 2.24) is 15.1 Å². The van der Waals surface area contributed by atoms with Crippen molar-refractivity contribution in [1.29, 1.82) is 0 Å². The van der Waals surface area contributed by atoms with Crippen molar-refractivity contribution in [3.63, 3.8) is 0 Å². The number of ether oxygens (including phenoxy) is 1. The number of rotatable bonds is 3. The van der Waals surface area contributed by atoms with E-state index in [1.165, 1.54) is 0 Å². The minimum absolute atomic E-state index is 0.00128. The number of hydrogen-bond donors (Lipinski definition) is 1. The zero-order valence-corrected chi connectivity index (χ0v) is 12.9. The fraction of sp³-hybridized carbons (Fsp3) is 0.800. The Balaban J connectivity index is 1.58. The Labute approximate surface area is 129 Å². The number of likely N-dealkylation sites (tertiary alicyclic amines) is 1. The molecule has 2 saturated heterocycles. The van der Waals surface area contributed by atoms with Gasteiger partial charge in [0.15, 0.2) is 0 Å². The zero-order chi connectivity index (χ0) is 15.5. The minimum atomic E-state index is -0.515. The topological polar surface area (TPSA) is 88.4 Å². The molecule has 0 spiro atoms. The highest BCUT2D eigenvalue weighted by Gasteiger charge is 2.35. The number of aromatic amines is 1. The van der Waals surface area contributed by atoms with Crippen LogP contribution in [0.4, 0.5) is 0 Å². The summed E-state index contributed by atoms with van der Waals surface area (Å²) in [5, 5.41) is 6.19. The molecule has 1 aromatic heterocycles. The molecule has 0 radical (unpaired) electrons. The van der Waals surface area contributed by atoms with Crippen LogP contribution in [-0.4, -0.2) is 46.8 Å². The summed E-state index contributed by atoms with van der Waals surface area (Å²) in [7, 11) is 0. The van der Waals surface area contributed by atoms with Gasteiger partial charge in [-0.1, -0.05) is 6.92 Å². The van der Waals surface area contributed by atoms with E-state index in [1.807, 2.05) is 4.90 Å². The molecule has 0 bridgehead atoms. The average Bonchev–Trinajstić information content (AvgIpc) is 3.01. The van der Waals surface area contributed by atoms with Gasteiger partial charge in [0.05, 0.1) is 12.0 Å². The number of hydrogen-bond acceptors (Lipinski definition) is 5. The molecule has 7 heteroatoms. The van der Waals surface area contributed by atoms with E-state index in [0.717, 1.165) is 38.7 Å². The Morgan fingerprint density at radius 3 is 2.77 bits per heavy atom. The number of piperidine rings is 1. The van der Waals surface area contributed by atoms with Gasteiger partial charge in [-0.2, -0.15) is 0 Å². The molecule has 2 unspecified atom stereocenters. The van der Waals surface area contributed by atoms with Gasteiger partial charge in [0.2, 0.25) is 11.8 Å². The van der Waals surface area contributed by atoms with Crippen LogP contribution >= 0.6 is 0 Å². The zero-order valence-electron chi connectivity index (χ0n) is 12.9. The SMILES string of the molecule is CCC1OCCCC1C(=O)N1CCC(c2n[nH]c(=O)o2)CC1. The van der Waals surface area contributed by atoms with Gasteiger partial charge in [0, 0.05) is 25.6 Å². The van der Waals surface area contributed by atoms with Gasteiger partial charge in [0.1, 0.15) is 0 Å². The number of aromatic nitrogens is 2. The highest BCUT2D eigenvalue weighted by atomic mass is 16.5. The molecule has 122 valence electrons. The van der Waals surface area contributed by atoms with Crippen molar-refractivity contribution in [3.8, 4) is 0 Å². The second-order valence-corrected chi connectivity index (χ2v) is 6.12. The maximum atomic E-state index is 12.7. The van der Waals surface area contributed by atoms with E-state index in [4.69, 9.17) is 9.15 Å². The monoisotopic (exact) mass is 309 g/mol. The van der Waals surface area contributed by atoms with Crippen LogP contribution in [0.5, 0.6) is 0 Å². The summed E-state index contributed by atoms with van der Waals surface area (Å²) in [4.78, 5) is 25.7. The molecule has 2 fully saturated rings. The van der Waals surface area contributed by atoms with E-state index >= 15 is 0 Å². The number of nitrogens with one attached hydrogen (secondary N) is 1. The predicted octanol–water partition coefficient (Wildman–Crippen LogP) is 1.27. The Morgan fingerprint density at radius 2 is 2.14 bits per heavy atom. The molecule has 3 rings (SSSR count). The number of H-pyrrole nitrogens is 1. The molecule has 22 heavy (non-hydrogen) atoms. The van der Waals surface area contributed by atoms with Crippen LogP contribution in [0.25, 0.3) is 0 Å². The number of carbonyl (C=O) groups excluding carboxylic acids is 1. The lowest BCUT2D eigenvalue weighted by atomic mass is 9.89. The Hall–Kier alpha value is -1.63. The van der Waals surface area contributed by atoms with Gasteiger partial charge >= 0.3 is 5.76 Å². The van der Waals surface area contributed by atoms with Crippen LogP contribution in [0.15, 0.2) is 9.21 Å². The third kappa shape index (κ3) is 3.09. The van der Waals surface area contributed by atoms with E-state index in [2.05, 4.69) is 17.1 Å².